The Hall–Kier alpha value is -1.53. The predicted octanol–water partition coefficient (Wildman–Crippen LogP) is 11.0. The lowest BCUT2D eigenvalue weighted by atomic mass is 9.90. The van der Waals surface area contributed by atoms with Crippen molar-refractivity contribution >= 4 is 12.4 Å². The first-order valence-electron chi connectivity index (χ1n) is 16.0. The van der Waals surface area contributed by atoms with Crippen molar-refractivity contribution < 1.29 is 9.67 Å². The van der Waals surface area contributed by atoms with E-state index in [2.05, 4.69) is 64.1 Å². The van der Waals surface area contributed by atoms with Crippen LogP contribution >= 0.6 is 7.14 Å². The molecule has 0 aliphatic carbocycles. The molecule has 0 bridgehead atoms. The quantitative estimate of drug-likeness (QED) is 0.126. The molecule has 0 spiro atoms. The molecule has 0 saturated carbocycles. The maximum absolute atomic E-state index is 14.3. The lowest BCUT2D eigenvalue weighted by Crippen LogP contribution is -2.12. The van der Waals surface area contributed by atoms with Crippen molar-refractivity contribution in [2.24, 2.45) is 0 Å². The highest BCUT2D eigenvalue weighted by Crippen LogP contribution is 2.47. The molecule has 1 unspecified atom stereocenters. The van der Waals surface area contributed by atoms with E-state index in [1.807, 2.05) is 6.07 Å². The van der Waals surface area contributed by atoms with Crippen LogP contribution in [-0.2, 0) is 11.0 Å². The number of aryl methyl sites for hydroxylation is 1. The number of rotatable bonds is 21. The number of unbranched alkanes of at least 4 members (excludes halogenated alkanes) is 12. The fourth-order valence-corrected chi connectivity index (χ4v) is 8.47. The summed E-state index contributed by atoms with van der Waals surface area (Å²) >= 11 is 0. The number of phenols is 1. The van der Waals surface area contributed by atoms with Gasteiger partial charge in [0.05, 0.1) is 0 Å². The van der Waals surface area contributed by atoms with Crippen LogP contribution in [0, 0.1) is 0 Å². The number of hydrogen-bond acceptors (Lipinski definition) is 2. The molecule has 0 aliphatic heterocycles. The molecule has 0 saturated heterocycles. The van der Waals surface area contributed by atoms with E-state index in [1.54, 1.807) is 0 Å². The van der Waals surface area contributed by atoms with Gasteiger partial charge in [0.1, 0.15) is 12.9 Å². The highest BCUT2D eigenvalue weighted by Gasteiger charge is 2.24. The van der Waals surface area contributed by atoms with Crippen LogP contribution in [0.25, 0.3) is 0 Å². The Morgan fingerprint density at radius 1 is 0.658 bits per heavy atom. The Kier molecular flexibility index (Phi) is 16.1. The summed E-state index contributed by atoms with van der Waals surface area (Å²) in [6.45, 7) is 8.91. The van der Waals surface area contributed by atoms with Crippen molar-refractivity contribution in [1.82, 2.24) is 0 Å². The van der Waals surface area contributed by atoms with Crippen molar-refractivity contribution in [2.45, 2.75) is 136 Å². The van der Waals surface area contributed by atoms with Crippen molar-refractivity contribution in [1.29, 1.82) is 0 Å². The van der Waals surface area contributed by atoms with E-state index in [1.165, 1.54) is 94.6 Å². The van der Waals surface area contributed by atoms with Gasteiger partial charge in [0.25, 0.3) is 0 Å². The van der Waals surface area contributed by atoms with Crippen molar-refractivity contribution in [3.8, 4) is 5.75 Å². The van der Waals surface area contributed by atoms with Gasteiger partial charge >= 0.3 is 0 Å². The third-order valence-electron chi connectivity index (χ3n) is 8.24. The standard InChI is InChI=1S/C35H57O2P/c1-5-8-11-13-15-18-27-38(37,28-19-16-14-12-9-6-2)33-24-22-32(23-25-33)30(4)34-29-31(20-17-10-7-3)21-26-35(34)36/h21-26,29-30,36H,5-20,27-28H2,1-4H3. The Balaban J connectivity index is 2.11. The van der Waals surface area contributed by atoms with Crippen molar-refractivity contribution in [3.05, 3.63) is 59.2 Å². The van der Waals surface area contributed by atoms with Crippen LogP contribution in [0.4, 0.5) is 0 Å². The van der Waals surface area contributed by atoms with Crippen LogP contribution in [-0.4, -0.2) is 17.4 Å². The first-order valence-corrected chi connectivity index (χ1v) is 18.0. The number of benzene rings is 2. The monoisotopic (exact) mass is 540 g/mol. The molecule has 38 heavy (non-hydrogen) atoms. The number of aromatic hydroxyl groups is 1. The van der Waals surface area contributed by atoms with Gasteiger partial charge in [0.15, 0.2) is 0 Å². The second-order valence-corrected chi connectivity index (χ2v) is 14.7. The van der Waals surface area contributed by atoms with E-state index in [0.717, 1.165) is 42.5 Å². The fraction of sp³-hybridized carbons (Fsp3) is 0.657. The molecule has 2 aromatic rings. The smallest absolute Gasteiger partial charge is 0.119 e. The zero-order valence-electron chi connectivity index (χ0n) is 25.1. The average molecular weight is 541 g/mol. The molecular formula is C35H57O2P. The maximum Gasteiger partial charge on any atom is 0.119 e. The zero-order chi connectivity index (χ0) is 27.6. The van der Waals surface area contributed by atoms with Gasteiger partial charge < -0.3 is 9.67 Å². The normalized spacial score (nSPS) is 12.6. The number of hydrogen-bond donors (Lipinski definition) is 1. The first kappa shape index (κ1) is 32.7. The second-order valence-electron chi connectivity index (χ2n) is 11.5. The van der Waals surface area contributed by atoms with Gasteiger partial charge in [0.2, 0.25) is 0 Å². The van der Waals surface area contributed by atoms with Crippen LogP contribution in [0.2, 0.25) is 0 Å². The largest absolute Gasteiger partial charge is 0.508 e. The highest BCUT2D eigenvalue weighted by molar-refractivity contribution is 7.71. The summed E-state index contributed by atoms with van der Waals surface area (Å²) in [7, 11) is -2.39. The van der Waals surface area contributed by atoms with Crippen LogP contribution in [0.15, 0.2) is 42.5 Å². The topological polar surface area (TPSA) is 37.3 Å². The predicted molar refractivity (Wildman–Crippen MR) is 169 cm³/mol. The van der Waals surface area contributed by atoms with E-state index < -0.39 is 7.14 Å². The molecule has 0 aliphatic rings. The molecule has 0 radical (unpaired) electrons. The average Bonchev–Trinajstić information content (AvgIpc) is 2.93. The van der Waals surface area contributed by atoms with Gasteiger partial charge in [-0.3, -0.25) is 0 Å². The van der Waals surface area contributed by atoms with Crippen molar-refractivity contribution in [2.75, 3.05) is 12.3 Å². The van der Waals surface area contributed by atoms with Gasteiger partial charge in [-0.2, -0.15) is 0 Å². The Bertz CT molecular complexity index is 913. The maximum atomic E-state index is 14.3. The molecule has 3 heteroatoms. The van der Waals surface area contributed by atoms with E-state index in [4.69, 9.17) is 0 Å². The minimum absolute atomic E-state index is 0.103. The minimum atomic E-state index is -2.39. The SMILES string of the molecule is CCCCCCCCP(=O)(CCCCCCCC)c1ccc(C(C)c2cc(CCCCC)ccc2O)cc1. The summed E-state index contributed by atoms with van der Waals surface area (Å²) in [6, 6.07) is 14.7. The zero-order valence-corrected chi connectivity index (χ0v) is 26.0. The van der Waals surface area contributed by atoms with Gasteiger partial charge in [-0.15, -0.1) is 0 Å². The second kappa shape index (κ2) is 18.7. The first-order chi connectivity index (χ1) is 18.4. The van der Waals surface area contributed by atoms with Crippen LogP contribution in [0.3, 0.4) is 0 Å². The van der Waals surface area contributed by atoms with E-state index >= 15 is 0 Å². The minimum Gasteiger partial charge on any atom is -0.508 e. The van der Waals surface area contributed by atoms with Crippen LogP contribution in [0.5, 0.6) is 5.75 Å². The van der Waals surface area contributed by atoms with Gasteiger partial charge in [0, 0.05) is 29.1 Å². The summed E-state index contributed by atoms with van der Waals surface area (Å²) < 4.78 is 14.3. The fourth-order valence-electron chi connectivity index (χ4n) is 5.56. The molecular weight excluding hydrogens is 483 g/mol. The summed E-state index contributed by atoms with van der Waals surface area (Å²) in [6.07, 6.45) is 21.3. The van der Waals surface area contributed by atoms with Crippen LogP contribution < -0.4 is 5.30 Å². The number of phenolic OH excluding ortho intramolecular Hbond substituents is 1. The summed E-state index contributed by atoms with van der Waals surface area (Å²) in [5, 5.41) is 11.7. The molecule has 0 amide bonds. The summed E-state index contributed by atoms with van der Waals surface area (Å²) in [5.74, 6) is 0.476. The Labute approximate surface area is 235 Å². The molecule has 2 nitrogen and oxygen atoms in total. The molecule has 214 valence electrons. The molecule has 0 aromatic heterocycles. The van der Waals surface area contributed by atoms with Gasteiger partial charge in [-0.05, 0) is 42.9 Å². The van der Waals surface area contributed by atoms with Crippen LogP contribution in [0.1, 0.15) is 147 Å². The lowest BCUT2D eigenvalue weighted by Gasteiger charge is -2.21. The van der Waals surface area contributed by atoms with Gasteiger partial charge in [-0.25, -0.2) is 0 Å². The molecule has 2 aromatic carbocycles. The summed E-state index contributed by atoms with van der Waals surface area (Å²) in [4.78, 5) is 0. The highest BCUT2D eigenvalue weighted by atomic mass is 31.2. The molecule has 1 N–H and O–H groups in total. The third-order valence-corrected chi connectivity index (χ3v) is 11.6. The summed E-state index contributed by atoms with van der Waals surface area (Å²) in [5.41, 5.74) is 3.48. The lowest BCUT2D eigenvalue weighted by molar-refractivity contribution is 0.465. The van der Waals surface area contributed by atoms with Crippen molar-refractivity contribution in [3.63, 3.8) is 0 Å². The molecule has 0 fully saturated rings. The molecule has 1 atom stereocenters. The van der Waals surface area contributed by atoms with E-state index in [0.29, 0.717) is 5.75 Å². The third kappa shape index (κ3) is 11.3. The Morgan fingerprint density at radius 2 is 1.16 bits per heavy atom. The molecule has 2 rings (SSSR count). The van der Waals surface area contributed by atoms with E-state index in [9.17, 15) is 9.67 Å². The van der Waals surface area contributed by atoms with Gasteiger partial charge in [-0.1, -0.05) is 141 Å². The molecule has 0 heterocycles. The Morgan fingerprint density at radius 3 is 1.71 bits per heavy atom. The van der Waals surface area contributed by atoms with E-state index in [-0.39, 0.29) is 5.92 Å².